The molecule has 1 N–H and O–H groups in total. The van der Waals surface area contributed by atoms with E-state index in [4.69, 9.17) is 0 Å². The van der Waals surface area contributed by atoms with Crippen LogP contribution in [0.15, 0.2) is 36.7 Å². The van der Waals surface area contributed by atoms with Gasteiger partial charge in [-0.15, -0.1) is 0 Å². The molecule has 0 unspecified atom stereocenters. The number of carbonyl (C=O) groups is 1. The zero-order chi connectivity index (χ0) is 13.7. The summed E-state index contributed by atoms with van der Waals surface area (Å²) in [6.45, 7) is 2.10. The molecule has 0 fully saturated rings. The highest BCUT2D eigenvalue weighted by atomic mass is 16.5. The number of nitrogens with zero attached hydrogens (tertiary/aromatic N) is 2. The largest absolute Gasteiger partial charge is 0.468 e. The van der Waals surface area contributed by atoms with Gasteiger partial charge in [-0.3, -0.25) is 4.79 Å². The van der Waals surface area contributed by atoms with Crippen molar-refractivity contribution in [1.29, 1.82) is 0 Å². The lowest BCUT2D eigenvalue weighted by Crippen LogP contribution is -2.16. The van der Waals surface area contributed by atoms with Gasteiger partial charge < -0.3 is 10.1 Å². The maximum Gasteiger partial charge on any atom is 0.325 e. The second-order valence-corrected chi connectivity index (χ2v) is 4.04. The maximum absolute atomic E-state index is 11.0. The smallest absolute Gasteiger partial charge is 0.325 e. The molecule has 5 nitrogen and oxygen atoms in total. The molecule has 0 atom stereocenters. The van der Waals surface area contributed by atoms with Crippen LogP contribution in [0.1, 0.15) is 5.56 Å². The molecule has 98 valence electrons. The van der Waals surface area contributed by atoms with E-state index in [1.165, 1.54) is 12.7 Å². The summed E-state index contributed by atoms with van der Waals surface area (Å²) in [6, 6.07) is 8.03. The number of aryl methyl sites for hydroxylation is 1. The topological polar surface area (TPSA) is 64.1 Å². The van der Waals surface area contributed by atoms with Crippen molar-refractivity contribution in [3.05, 3.63) is 42.2 Å². The van der Waals surface area contributed by atoms with Crippen LogP contribution >= 0.6 is 0 Å². The average molecular weight is 257 g/mol. The van der Waals surface area contributed by atoms with Gasteiger partial charge in [-0.2, -0.15) is 0 Å². The molecule has 0 bridgehead atoms. The molecule has 0 amide bonds. The number of aromatic nitrogens is 2. The van der Waals surface area contributed by atoms with Crippen molar-refractivity contribution in [2.75, 3.05) is 19.0 Å². The highest BCUT2D eigenvalue weighted by Crippen LogP contribution is 2.21. The van der Waals surface area contributed by atoms with Crippen molar-refractivity contribution in [2.45, 2.75) is 6.92 Å². The van der Waals surface area contributed by atoms with E-state index < -0.39 is 0 Å². The summed E-state index contributed by atoms with van der Waals surface area (Å²) in [5.74, 6) is 0.0503. The van der Waals surface area contributed by atoms with E-state index in [1.807, 2.05) is 31.2 Å². The minimum absolute atomic E-state index is 0.0558. The number of hydrogen-bond acceptors (Lipinski definition) is 5. The van der Waals surface area contributed by atoms with E-state index in [-0.39, 0.29) is 12.5 Å². The van der Waals surface area contributed by atoms with E-state index in [0.29, 0.717) is 5.95 Å². The summed E-state index contributed by atoms with van der Waals surface area (Å²) in [5, 5.41) is 2.79. The fourth-order valence-electron chi connectivity index (χ4n) is 1.68. The van der Waals surface area contributed by atoms with Crippen LogP contribution in [0.4, 0.5) is 5.95 Å². The Bertz CT molecular complexity index is 567. The molecule has 5 heteroatoms. The van der Waals surface area contributed by atoms with Crippen molar-refractivity contribution in [2.24, 2.45) is 0 Å². The van der Waals surface area contributed by atoms with Gasteiger partial charge in [0, 0.05) is 18.0 Å². The number of esters is 1. The molecular weight excluding hydrogens is 242 g/mol. The molecule has 0 aliphatic carbocycles. The number of carbonyl (C=O) groups excluding carboxylic acids is 1. The monoisotopic (exact) mass is 257 g/mol. The van der Waals surface area contributed by atoms with Gasteiger partial charge in [-0.25, -0.2) is 9.97 Å². The van der Waals surface area contributed by atoms with Crippen LogP contribution in [0.3, 0.4) is 0 Å². The summed E-state index contributed by atoms with van der Waals surface area (Å²) in [7, 11) is 1.34. The summed E-state index contributed by atoms with van der Waals surface area (Å²) in [4.78, 5) is 19.3. The highest BCUT2D eigenvalue weighted by molar-refractivity contribution is 5.74. The SMILES string of the molecule is COC(=O)CNc1ncc(-c2ccccc2C)cn1. The Labute approximate surface area is 111 Å². The molecule has 1 aromatic carbocycles. The Morgan fingerprint density at radius 3 is 2.58 bits per heavy atom. The van der Waals surface area contributed by atoms with Crippen LogP contribution in [0.25, 0.3) is 11.1 Å². The van der Waals surface area contributed by atoms with Crippen LogP contribution in [0.5, 0.6) is 0 Å². The lowest BCUT2D eigenvalue weighted by molar-refractivity contribution is -0.138. The summed E-state index contributed by atoms with van der Waals surface area (Å²) < 4.78 is 4.52. The normalized spacial score (nSPS) is 10.0. The summed E-state index contributed by atoms with van der Waals surface area (Å²) in [5.41, 5.74) is 3.21. The molecule has 19 heavy (non-hydrogen) atoms. The number of benzene rings is 1. The number of rotatable bonds is 4. The van der Waals surface area contributed by atoms with Crippen LogP contribution in [-0.2, 0) is 9.53 Å². The zero-order valence-electron chi connectivity index (χ0n) is 10.9. The quantitative estimate of drug-likeness (QED) is 0.849. The fraction of sp³-hybridized carbons (Fsp3) is 0.214. The van der Waals surface area contributed by atoms with Gasteiger partial charge in [0.05, 0.1) is 7.11 Å². The maximum atomic E-state index is 11.0. The van der Waals surface area contributed by atoms with Crippen LogP contribution in [0.2, 0.25) is 0 Å². The Balaban J connectivity index is 2.11. The Morgan fingerprint density at radius 2 is 1.95 bits per heavy atom. The predicted molar refractivity (Wildman–Crippen MR) is 72.7 cm³/mol. The third kappa shape index (κ3) is 3.28. The first-order valence-electron chi connectivity index (χ1n) is 5.89. The molecule has 0 aliphatic heterocycles. The van der Waals surface area contributed by atoms with Crippen molar-refractivity contribution in [3.8, 4) is 11.1 Å². The fourth-order valence-corrected chi connectivity index (χ4v) is 1.68. The van der Waals surface area contributed by atoms with E-state index >= 15 is 0 Å². The van der Waals surface area contributed by atoms with Crippen LogP contribution in [0, 0.1) is 6.92 Å². The number of methoxy groups -OCH3 is 1. The zero-order valence-corrected chi connectivity index (χ0v) is 10.9. The van der Waals surface area contributed by atoms with E-state index in [2.05, 4.69) is 20.0 Å². The van der Waals surface area contributed by atoms with Gasteiger partial charge in [-0.1, -0.05) is 24.3 Å². The van der Waals surface area contributed by atoms with Crippen LogP contribution in [-0.4, -0.2) is 29.6 Å². The Kier molecular flexibility index (Phi) is 4.07. The molecular formula is C14H15N3O2. The van der Waals surface area contributed by atoms with Gasteiger partial charge in [0.15, 0.2) is 0 Å². The Morgan fingerprint density at radius 1 is 1.26 bits per heavy atom. The highest BCUT2D eigenvalue weighted by Gasteiger charge is 2.04. The van der Waals surface area contributed by atoms with Gasteiger partial charge in [0.1, 0.15) is 6.54 Å². The van der Waals surface area contributed by atoms with Crippen molar-refractivity contribution < 1.29 is 9.53 Å². The molecule has 2 aromatic rings. The Hall–Kier alpha value is -2.43. The second kappa shape index (κ2) is 5.95. The molecule has 0 spiro atoms. The summed E-state index contributed by atoms with van der Waals surface area (Å²) >= 11 is 0. The first-order chi connectivity index (χ1) is 9.20. The first kappa shape index (κ1) is 13.0. The second-order valence-electron chi connectivity index (χ2n) is 4.04. The standard InChI is InChI=1S/C14H15N3O2/c1-10-5-3-4-6-12(10)11-7-15-14(16-8-11)17-9-13(18)19-2/h3-8H,9H2,1-2H3,(H,15,16,17). The number of anilines is 1. The average Bonchev–Trinajstić information content (AvgIpc) is 2.46. The molecule has 0 radical (unpaired) electrons. The van der Waals surface area contributed by atoms with Crippen molar-refractivity contribution >= 4 is 11.9 Å². The van der Waals surface area contributed by atoms with Crippen molar-refractivity contribution in [3.63, 3.8) is 0 Å². The lowest BCUT2D eigenvalue weighted by Gasteiger charge is -2.06. The van der Waals surface area contributed by atoms with E-state index in [9.17, 15) is 4.79 Å². The molecule has 1 heterocycles. The van der Waals surface area contributed by atoms with Gasteiger partial charge >= 0.3 is 5.97 Å². The van der Waals surface area contributed by atoms with Crippen LogP contribution < -0.4 is 5.32 Å². The molecule has 0 aliphatic rings. The lowest BCUT2D eigenvalue weighted by atomic mass is 10.0. The van der Waals surface area contributed by atoms with E-state index in [0.717, 1.165) is 11.1 Å². The number of nitrogens with one attached hydrogen (secondary N) is 1. The van der Waals surface area contributed by atoms with E-state index in [1.54, 1.807) is 12.4 Å². The van der Waals surface area contributed by atoms with Gasteiger partial charge in [0.2, 0.25) is 5.95 Å². The third-order valence-corrected chi connectivity index (χ3v) is 2.73. The molecule has 2 rings (SSSR count). The summed E-state index contributed by atoms with van der Waals surface area (Å²) in [6.07, 6.45) is 3.46. The molecule has 1 aromatic heterocycles. The molecule has 0 saturated heterocycles. The van der Waals surface area contributed by atoms with Crippen molar-refractivity contribution in [1.82, 2.24) is 9.97 Å². The first-order valence-corrected chi connectivity index (χ1v) is 5.89. The molecule has 0 saturated carbocycles. The minimum atomic E-state index is -0.355. The third-order valence-electron chi connectivity index (χ3n) is 2.73. The van der Waals surface area contributed by atoms with Gasteiger partial charge in [-0.05, 0) is 18.1 Å². The van der Waals surface area contributed by atoms with Gasteiger partial charge in [0.25, 0.3) is 0 Å². The number of ether oxygens (including phenoxy) is 1. The minimum Gasteiger partial charge on any atom is -0.468 e. The number of hydrogen-bond donors (Lipinski definition) is 1. The predicted octanol–water partition coefficient (Wildman–Crippen LogP) is 2.04.